The minimum atomic E-state index is -0.848. The largest absolute Gasteiger partial charge is 0.396 e. The zero-order valence-corrected chi connectivity index (χ0v) is 5.72. The Morgan fingerprint density at radius 2 is 2.18 bits per heavy atom. The average molecular weight is 159 g/mol. The highest BCUT2D eigenvalue weighted by atomic mass is 19.1. The van der Waals surface area contributed by atoms with Gasteiger partial charge in [0.05, 0.1) is 0 Å². The van der Waals surface area contributed by atoms with Crippen LogP contribution in [0.3, 0.4) is 0 Å². The quantitative estimate of drug-likeness (QED) is 0.650. The van der Waals surface area contributed by atoms with Crippen molar-refractivity contribution < 1.29 is 13.9 Å². The van der Waals surface area contributed by atoms with Gasteiger partial charge in [-0.15, -0.1) is 0 Å². The molecule has 0 bridgehead atoms. The molecule has 4 heteroatoms. The molecule has 0 aliphatic rings. The Hall–Kier alpha value is -1.03. The molecule has 1 aromatic heterocycles. The van der Waals surface area contributed by atoms with E-state index in [0.29, 0.717) is 0 Å². The molecule has 0 unspecified atom stereocenters. The molecule has 0 radical (unpaired) electrons. The fourth-order valence-corrected chi connectivity index (χ4v) is 0.780. The Balaban J connectivity index is 3.00. The molecular weight excluding hydrogens is 152 g/mol. The van der Waals surface area contributed by atoms with Gasteiger partial charge in [0, 0.05) is 24.8 Å². The summed E-state index contributed by atoms with van der Waals surface area (Å²) in [5.41, 5.74) is -0.157. The van der Waals surface area contributed by atoms with Gasteiger partial charge in [0.25, 0.3) is 0 Å². The van der Waals surface area contributed by atoms with Crippen molar-refractivity contribution in [2.75, 3.05) is 6.61 Å². The lowest BCUT2D eigenvalue weighted by Crippen LogP contribution is -2.00. The number of aromatic nitrogens is 1. The number of nitrogens with zero attached hydrogens (tertiary/aromatic N) is 1. The Bertz CT molecular complexity index is 232. The van der Waals surface area contributed by atoms with E-state index in [0.717, 1.165) is 12.3 Å². The van der Waals surface area contributed by atoms with Crippen LogP contribution in [0, 0.1) is 11.8 Å². The van der Waals surface area contributed by atoms with E-state index in [1.165, 1.54) is 0 Å². The molecule has 2 nitrogen and oxygen atoms in total. The molecule has 1 N–H and O–H groups in total. The van der Waals surface area contributed by atoms with Crippen LogP contribution in [-0.2, 0) is 6.42 Å². The van der Waals surface area contributed by atoms with Crippen molar-refractivity contribution in [1.29, 1.82) is 0 Å². The van der Waals surface area contributed by atoms with Crippen molar-refractivity contribution in [1.82, 2.24) is 4.98 Å². The van der Waals surface area contributed by atoms with Gasteiger partial charge in [0.15, 0.2) is 0 Å². The summed E-state index contributed by atoms with van der Waals surface area (Å²) < 4.78 is 25.2. The number of rotatable bonds is 2. The molecule has 60 valence electrons. The SMILES string of the molecule is OCCc1c(F)ccnc1F. The van der Waals surface area contributed by atoms with E-state index in [1.807, 2.05) is 0 Å². The van der Waals surface area contributed by atoms with E-state index < -0.39 is 11.8 Å². The fourth-order valence-electron chi connectivity index (χ4n) is 0.780. The molecule has 0 atom stereocenters. The summed E-state index contributed by atoms with van der Waals surface area (Å²) in [5.74, 6) is -1.51. The maximum Gasteiger partial charge on any atom is 0.219 e. The second-order valence-electron chi connectivity index (χ2n) is 2.04. The first-order chi connectivity index (χ1) is 5.25. The normalized spacial score (nSPS) is 10.1. The summed E-state index contributed by atoms with van der Waals surface area (Å²) in [5, 5.41) is 8.41. The molecule has 0 amide bonds. The zero-order chi connectivity index (χ0) is 8.27. The van der Waals surface area contributed by atoms with Crippen LogP contribution in [0.1, 0.15) is 5.56 Å². The Morgan fingerprint density at radius 1 is 1.45 bits per heavy atom. The highest BCUT2D eigenvalue weighted by molar-refractivity contribution is 5.13. The number of halogens is 2. The summed E-state index contributed by atoms with van der Waals surface area (Å²) >= 11 is 0. The predicted molar refractivity (Wildman–Crippen MR) is 34.9 cm³/mol. The van der Waals surface area contributed by atoms with Gasteiger partial charge in [0.2, 0.25) is 5.95 Å². The van der Waals surface area contributed by atoms with Gasteiger partial charge in [-0.1, -0.05) is 0 Å². The van der Waals surface area contributed by atoms with E-state index in [4.69, 9.17) is 5.11 Å². The van der Waals surface area contributed by atoms with E-state index in [2.05, 4.69) is 4.98 Å². The molecule has 0 aromatic carbocycles. The van der Waals surface area contributed by atoms with Crippen LogP contribution in [0.5, 0.6) is 0 Å². The van der Waals surface area contributed by atoms with Gasteiger partial charge >= 0.3 is 0 Å². The fraction of sp³-hybridized carbons (Fsp3) is 0.286. The minimum Gasteiger partial charge on any atom is -0.396 e. The van der Waals surface area contributed by atoms with Crippen molar-refractivity contribution in [3.8, 4) is 0 Å². The van der Waals surface area contributed by atoms with E-state index in [1.54, 1.807) is 0 Å². The molecule has 0 aliphatic heterocycles. The van der Waals surface area contributed by atoms with Crippen LogP contribution in [0.4, 0.5) is 8.78 Å². The Morgan fingerprint density at radius 3 is 2.73 bits per heavy atom. The Labute approximate surface area is 62.5 Å². The smallest absolute Gasteiger partial charge is 0.219 e. The number of aliphatic hydroxyl groups is 1. The van der Waals surface area contributed by atoms with Gasteiger partial charge < -0.3 is 5.11 Å². The van der Waals surface area contributed by atoms with Gasteiger partial charge in [-0.2, -0.15) is 4.39 Å². The second-order valence-corrected chi connectivity index (χ2v) is 2.04. The molecule has 1 rings (SSSR count). The third-order valence-electron chi connectivity index (χ3n) is 1.31. The van der Waals surface area contributed by atoms with Gasteiger partial charge in [-0.05, 0) is 6.07 Å². The topological polar surface area (TPSA) is 33.1 Å². The zero-order valence-electron chi connectivity index (χ0n) is 5.72. The molecule has 0 saturated carbocycles. The van der Waals surface area contributed by atoms with Gasteiger partial charge in [0.1, 0.15) is 5.82 Å². The molecule has 1 heterocycles. The lowest BCUT2D eigenvalue weighted by molar-refractivity contribution is 0.294. The van der Waals surface area contributed by atoms with Crippen molar-refractivity contribution in [3.63, 3.8) is 0 Å². The van der Waals surface area contributed by atoms with E-state index in [9.17, 15) is 8.78 Å². The van der Waals surface area contributed by atoms with Crippen molar-refractivity contribution in [2.24, 2.45) is 0 Å². The van der Waals surface area contributed by atoms with Crippen LogP contribution < -0.4 is 0 Å². The molecule has 0 spiro atoms. The molecule has 0 saturated heterocycles. The number of pyridine rings is 1. The number of aliphatic hydroxyl groups excluding tert-OH is 1. The first kappa shape index (κ1) is 8.07. The first-order valence-electron chi connectivity index (χ1n) is 3.15. The van der Waals surface area contributed by atoms with Gasteiger partial charge in [-0.3, -0.25) is 0 Å². The summed E-state index contributed by atoms with van der Waals surface area (Å²) in [6, 6.07) is 1.06. The number of hydrogen-bond acceptors (Lipinski definition) is 2. The summed E-state index contributed by atoms with van der Waals surface area (Å²) in [7, 11) is 0. The van der Waals surface area contributed by atoms with Crippen LogP contribution in [0.25, 0.3) is 0 Å². The molecule has 1 aromatic rings. The third kappa shape index (κ3) is 1.71. The van der Waals surface area contributed by atoms with E-state index in [-0.39, 0.29) is 18.6 Å². The standard InChI is InChI=1S/C7H7F2NO/c8-6-1-3-10-7(9)5(6)2-4-11/h1,3,11H,2,4H2. The predicted octanol–water partition coefficient (Wildman–Crippen LogP) is 0.895. The molecular formula is C7H7F2NO. The minimum absolute atomic E-state index is 0.0362. The summed E-state index contributed by atoms with van der Waals surface area (Å²) in [6.45, 7) is -0.278. The van der Waals surface area contributed by atoms with Crippen LogP contribution in [0.2, 0.25) is 0 Å². The Kier molecular flexibility index (Phi) is 2.48. The van der Waals surface area contributed by atoms with Crippen molar-refractivity contribution >= 4 is 0 Å². The molecule has 11 heavy (non-hydrogen) atoms. The number of hydrogen-bond donors (Lipinski definition) is 1. The van der Waals surface area contributed by atoms with Crippen LogP contribution in [-0.4, -0.2) is 16.7 Å². The van der Waals surface area contributed by atoms with Crippen LogP contribution >= 0.6 is 0 Å². The summed E-state index contributed by atoms with van der Waals surface area (Å²) in [6.07, 6.45) is 1.01. The van der Waals surface area contributed by atoms with Gasteiger partial charge in [-0.25, -0.2) is 9.37 Å². The molecule has 0 fully saturated rings. The van der Waals surface area contributed by atoms with Crippen LogP contribution in [0.15, 0.2) is 12.3 Å². The molecule has 0 aliphatic carbocycles. The maximum atomic E-state index is 12.6. The lowest BCUT2D eigenvalue weighted by atomic mass is 10.2. The maximum absolute atomic E-state index is 12.6. The first-order valence-corrected chi connectivity index (χ1v) is 3.15. The average Bonchev–Trinajstić information content (AvgIpc) is 1.97. The third-order valence-corrected chi connectivity index (χ3v) is 1.31. The van der Waals surface area contributed by atoms with Crippen molar-refractivity contribution in [2.45, 2.75) is 6.42 Å². The van der Waals surface area contributed by atoms with Crippen molar-refractivity contribution in [3.05, 3.63) is 29.6 Å². The monoisotopic (exact) mass is 159 g/mol. The summed E-state index contributed by atoms with van der Waals surface area (Å²) in [4.78, 5) is 3.24. The second kappa shape index (κ2) is 3.39. The van der Waals surface area contributed by atoms with E-state index >= 15 is 0 Å². The lowest BCUT2D eigenvalue weighted by Gasteiger charge is -1.99. The highest BCUT2D eigenvalue weighted by Gasteiger charge is 2.07. The highest BCUT2D eigenvalue weighted by Crippen LogP contribution is 2.09.